The molecule has 2 N–H and O–H groups in total. The van der Waals surface area contributed by atoms with Crippen LogP contribution < -0.4 is 10.5 Å². The van der Waals surface area contributed by atoms with Crippen LogP contribution in [-0.2, 0) is 6.42 Å². The van der Waals surface area contributed by atoms with E-state index in [-0.39, 0.29) is 5.54 Å². The second kappa shape index (κ2) is 5.54. The van der Waals surface area contributed by atoms with Gasteiger partial charge in [-0.3, -0.25) is 0 Å². The van der Waals surface area contributed by atoms with Gasteiger partial charge in [-0.1, -0.05) is 31.4 Å². The molecular weight excluding hydrogens is 210 g/mol. The van der Waals surface area contributed by atoms with E-state index in [4.69, 9.17) is 10.5 Å². The summed E-state index contributed by atoms with van der Waals surface area (Å²) in [5.41, 5.74) is 7.90. The summed E-state index contributed by atoms with van der Waals surface area (Å²) < 4.78 is 5.16. The fourth-order valence-electron chi connectivity index (χ4n) is 2.69. The number of benzene rings is 1. The molecule has 2 heteroatoms. The number of methoxy groups -OCH3 is 1. The van der Waals surface area contributed by atoms with Gasteiger partial charge in [-0.05, 0) is 43.4 Å². The van der Waals surface area contributed by atoms with Gasteiger partial charge in [0.2, 0.25) is 0 Å². The zero-order valence-corrected chi connectivity index (χ0v) is 10.7. The minimum Gasteiger partial charge on any atom is -0.497 e. The van der Waals surface area contributed by atoms with Crippen LogP contribution in [0.3, 0.4) is 0 Å². The Balaban J connectivity index is 1.87. The van der Waals surface area contributed by atoms with E-state index in [0.717, 1.165) is 18.6 Å². The van der Waals surface area contributed by atoms with Crippen LogP contribution in [0, 0.1) is 0 Å². The summed E-state index contributed by atoms with van der Waals surface area (Å²) in [6.07, 6.45) is 8.56. The molecule has 0 spiro atoms. The SMILES string of the molecule is COc1ccc(CCC2(N)CCCCC2)cc1. The van der Waals surface area contributed by atoms with E-state index in [2.05, 4.69) is 12.1 Å². The minimum absolute atomic E-state index is 0.0954. The highest BCUT2D eigenvalue weighted by atomic mass is 16.5. The van der Waals surface area contributed by atoms with Crippen LogP contribution in [0.2, 0.25) is 0 Å². The number of hydrogen-bond acceptors (Lipinski definition) is 2. The van der Waals surface area contributed by atoms with E-state index >= 15 is 0 Å². The Hall–Kier alpha value is -1.02. The first-order valence-electron chi connectivity index (χ1n) is 6.64. The van der Waals surface area contributed by atoms with Crippen LogP contribution >= 0.6 is 0 Å². The molecule has 0 bridgehead atoms. The molecule has 0 atom stereocenters. The molecule has 0 amide bonds. The van der Waals surface area contributed by atoms with Crippen molar-refractivity contribution >= 4 is 0 Å². The third kappa shape index (κ3) is 3.47. The molecule has 0 aliphatic heterocycles. The monoisotopic (exact) mass is 233 g/mol. The van der Waals surface area contributed by atoms with Gasteiger partial charge in [0.1, 0.15) is 5.75 Å². The Morgan fingerprint density at radius 3 is 2.35 bits per heavy atom. The van der Waals surface area contributed by atoms with Gasteiger partial charge in [-0.2, -0.15) is 0 Å². The lowest BCUT2D eigenvalue weighted by molar-refractivity contribution is 0.278. The van der Waals surface area contributed by atoms with Gasteiger partial charge in [-0.15, -0.1) is 0 Å². The Morgan fingerprint density at radius 1 is 1.12 bits per heavy atom. The number of rotatable bonds is 4. The van der Waals surface area contributed by atoms with Gasteiger partial charge in [0.05, 0.1) is 7.11 Å². The zero-order chi connectivity index (χ0) is 12.1. The predicted molar refractivity (Wildman–Crippen MR) is 71.3 cm³/mol. The maximum atomic E-state index is 6.44. The molecule has 2 nitrogen and oxygen atoms in total. The molecule has 94 valence electrons. The lowest BCUT2D eigenvalue weighted by atomic mass is 9.79. The molecule has 1 aliphatic carbocycles. The van der Waals surface area contributed by atoms with E-state index < -0.39 is 0 Å². The first kappa shape index (κ1) is 12.4. The van der Waals surface area contributed by atoms with Crippen molar-refractivity contribution in [3.8, 4) is 5.75 Å². The van der Waals surface area contributed by atoms with Gasteiger partial charge < -0.3 is 10.5 Å². The van der Waals surface area contributed by atoms with Gasteiger partial charge in [0.15, 0.2) is 0 Å². The first-order valence-corrected chi connectivity index (χ1v) is 6.64. The van der Waals surface area contributed by atoms with Crippen molar-refractivity contribution in [3.05, 3.63) is 29.8 Å². The standard InChI is InChI=1S/C15H23NO/c1-17-14-7-5-13(6-8-14)9-12-15(16)10-3-2-4-11-15/h5-8H,2-4,9-12,16H2,1H3. The lowest BCUT2D eigenvalue weighted by Gasteiger charge is -2.33. The normalized spacial score (nSPS) is 18.9. The van der Waals surface area contributed by atoms with E-state index in [1.165, 1.54) is 37.7 Å². The third-order valence-corrected chi connectivity index (χ3v) is 3.92. The third-order valence-electron chi connectivity index (χ3n) is 3.92. The highest BCUT2D eigenvalue weighted by molar-refractivity contribution is 5.27. The lowest BCUT2D eigenvalue weighted by Crippen LogP contribution is -2.41. The summed E-state index contributed by atoms with van der Waals surface area (Å²) >= 11 is 0. The number of ether oxygens (including phenoxy) is 1. The number of aryl methyl sites for hydroxylation is 1. The zero-order valence-electron chi connectivity index (χ0n) is 10.7. The average Bonchev–Trinajstić information content (AvgIpc) is 2.38. The van der Waals surface area contributed by atoms with Crippen molar-refractivity contribution in [2.75, 3.05) is 7.11 Å². The van der Waals surface area contributed by atoms with E-state index in [9.17, 15) is 0 Å². The van der Waals surface area contributed by atoms with Crippen LogP contribution in [0.1, 0.15) is 44.1 Å². The molecule has 0 heterocycles. The van der Waals surface area contributed by atoms with Gasteiger partial charge in [-0.25, -0.2) is 0 Å². The van der Waals surface area contributed by atoms with Crippen LogP contribution in [-0.4, -0.2) is 12.6 Å². The number of nitrogens with two attached hydrogens (primary N) is 1. The maximum Gasteiger partial charge on any atom is 0.118 e. The van der Waals surface area contributed by atoms with Crippen molar-refractivity contribution in [2.24, 2.45) is 5.73 Å². The average molecular weight is 233 g/mol. The van der Waals surface area contributed by atoms with Crippen molar-refractivity contribution < 1.29 is 4.74 Å². The van der Waals surface area contributed by atoms with Crippen molar-refractivity contribution in [3.63, 3.8) is 0 Å². The van der Waals surface area contributed by atoms with E-state index in [1.54, 1.807) is 7.11 Å². The molecule has 1 fully saturated rings. The predicted octanol–water partition coefficient (Wildman–Crippen LogP) is 3.29. The molecule has 1 aliphatic rings. The van der Waals surface area contributed by atoms with E-state index in [1.807, 2.05) is 12.1 Å². The molecule has 0 unspecified atom stereocenters. The molecule has 1 saturated carbocycles. The molecule has 17 heavy (non-hydrogen) atoms. The van der Waals surface area contributed by atoms with E-state index in [0.29, 0.717) is 0 Å². The smallest absolute Gasteiger partial charge is 0.118 e. The van der Waals surface area contributed by atoms with Crippen LogP contribution in [0.25, 0.3) is 0 Å². The van der Waals surface area contributed by atoms with Crippen molar-refractivity contribution in [1.82, 2.24) is 0 Å². The highest BCUT2D eigenvalue weighted by Crippen LogP contribution is 2.29. The summed E-state index contributed by atoms with van der Waals surface area (Å²) in [7, 11) is 1.70. The van der Waals surface area contributed by atoms with Gasteiger partial charge in [0.25, 0.3) is 0 Å². The molecule has 0 saturated heterocycles. The second-order valence-corrected chi connectivity index (χ2v) is 5.27. The highest BCUT2D eigenvalue weighted by Gasteiger charge is 2.26. The van der Waals surface area contributed by atoms with Crippen molar-refractivity contribution in [2.45, 2.75) is 50.5 Å². The topological polar surface area (TPSA) is 35.2 Å². The number of hydrogen-bond donors (Lipinski definition) is 1. The minimum atomic E-state index is 0.0954. The Bertz CT molecular complexity index is 338. The summed E-state index contributed by atoms with van der Waals surface area (Å²) in [5, 5.41) is 0. The fraction of sp³-hybridized carbons (Fsp3) is 0.600. The molecule has 1 aromatic carbocycles. The van der Waals surface area contributed by atoms with Gasteiger partial charge in [0, 0.05) is 5.54 Å². The first-order chi connectivity index (χ1) is 8.22. The Kier molecular flexibility index (Phi) is 4.06. The molecule has 0 radical (unpaired) electrons. The Morgan fingerprint density at radius 2 is 1.76 bits per heavy atom. The summed E-state index contributed by atoms with van der Waals surface area (Å²) in [5.74, 6) is 0.925. The second-order valence-electron chi connectivity index (χ2n) is 5.27. The van der Waals surface area contributed by atoms with Crippen molar-refractivity contribution in [1.29, 1.82) is 0 Å². The quantitative estimate of drug-likeness (QED) is 0.866. The van der Waals surface area contributed by atoms with Gasteiger partial charge >= 0.3 is 0 Å². The van der Waals surface area contributed by atoms with Crippen LogP contribution in [0.15, 0.2) is 24.3 Å². The molecule has 2 rings (SSSR count). The molecular formula is C15H23NO. The summed E-state index contributed by atoms with van der Waals surface area (Å²) in [4.78, 5) is 0. The Labute approximate surface area is 104 Å². The largest absolute Gasteiger partial charge is 0.497 e. The van der Waals surface area contributed by atoms with Crippen LogP contribution in [0.4, 0.5) is 0 Å². The summed E-state index contributed by atoms with van der Waals surface area (Å²) in [6.45, 7) is 0. The maximum absolute atomic E-state index is 6.44. The molecule has 1 aromatic rings. The molecule has 0 aromatic heterocycles. The van der Waals surface area contributed by atoms with Crippen LogP contribution in [0.5, 0.6) is 5.75 Å². The fourth-order valence-corrected chi connectivity index (χ4v) is 2.69. The summed E-state index contributed by atoms with van der Waals surface area (Å²) in [6, 6.07) is 8.34.